The lowest BCUT2D eigenvalue weighted by Gasteiger charge is -2.31. The van der Waals surface area contributed by atoms with Crippen LogP contribution < -0.4 is 20.4 Å². The molecule has 0 atom stereocenters. The Morgan fingerprint density at radius 1 is 0.914 bits per heavy atom. The second-order valence-electron chi connectivity index (χ2n) is 8.94. The fourth-order valence-corrected chi connectivity index (χ4v) is 5.45. The molecule has 2 amide bonds. The molecule has 176 valence electrons. The van der Waals surface area contributed by atoms with Crippen LogP contribution in [0.2, 0.25) is 5.02 Å². The van der Waals surface area contributed by atoms with Crippen molar-refractivity contribution >= 4 is 45.5 Å². The third-order valence-corrected chi connectivity index (χ3v) is 7.20. The molecule has 35 heavy (non-hydrogen) atoms. The zero-order chi connectivity index (χ0) is 23.8. The molecule has 0 unspecified atom stereocenters. The lowest BCUT2D eigenvalue weighted by Crippen LogP contribution is -2.43. The number of piperazine rings is 1. The minimum atomic E-state index is -0.126. The van der Waals surface area contributed by atoms with Gasteiger partial charge in [-0.05, 0) is 58.8 Å². The predicted molar refractivity (Wildman–Crippen MR) is 144 cm³/mol. The fraction of sp³-hybridized carbons (Fsp3) is 0.214. The predicted octanol–water partition coefficient (Wildman–Crippen LogP) is 5.56. The Hall–Kier alpha value is -3.61. The molecule has 1 saturated heterocycles. The normalized spacial score (nSPS) is 15.3. The molecule has 0 bridgehead atoms. The van der Waals surface area contributed by atoms with Gasteiger partial charge in [0.05, 0.1) is 22.1 Å². The number of hydrogen-bond acceptors (Lipinski definition) is 4. The highest BCUT2D eigenvalue weighted by Gasteiger charge is 2.28. The van der Waals surface area contributed by atoms with E-state index in [0.717, 1.165) is 82.1 Å². The summed E-state index contributed by atoms with van der Waals surface area (Å²) >= 11 is 6.64. The number of carbonyl (C=O) groups excluding carboxylic acids is 1. The van der Waals surface area contributed by atoms with E-state index in [0.29, 0.717) is 6.54 Å². The molecule has 0 saturated carbocycles. The van der Waals surface area contributed by atoms with Gasteiger partial charge in [-0.1, -0.05) is 41.9 Å². The van der Waals surface area contributed by atoms with Gasteiger partial charge in [0.1, 0.15) is 0 Å². The Morgan fingerprint density at radius 2 is 1.69 bits per heavy atom. The van der Waals surface area contributed by atoms with Crippen LogP contribution in [0.25, 0.3) is 21.9 Å². The van der Waals surface area contributed by atoms with Crippen LogP contribution in [0.5, 0.6) is 0 Å². The Bertz CT molecular complexity index is 1400. The van der Waals surface area contributed by atoms with Crippen molar-refractivity contribution in [3.8, 4) is 11.1 Å². The van der Waals surface area contributed by atoms with E-state index in [1.165, 1.54) is 0 Å². The highest BCUT2D eigenvalue weighted by atomic mass is 35.5. The van der Waals surface area contributed by atoms with Gasteiger partial charge < -0.3 is 15.5 Å². The van der Waals surface area contributed by atoms with Crippen LogP contribution >= 0.6 is 11.6 Å². The minimum Gasteiger partial charge on any atom is -0.368 e. The molecular formula is C28H26ClN5O. The van der Waals surface area contributed by atoms with Gasteiger partial charge in [-0.25, -0.2) is 4.79 Å². The maximum Gasteiger partial charge on any atom is 0.326 e. The maximum atomic E-state index is 13.5. The summed E-state index contributed by atoms with van der Waals surface area (Å²) in [7, 11) is 0. The highest BCUT2D eigenvalue weighted by molar-refractivity contribution is 6.33. The zero-order valence-electron chi connectivity index (χ0n) is 19.3. The topological polar surface area (TPSA) is 60.5 Å². The fourth-order valence-electron chi connectivity index (χ4n) is 5.14. The quantitative estimate of drug-likeness (QED) is 0.400. The zero-order valence-corrected chi connectivity index (χ0v) is 20.1. The number of hydrogen-bond donors (Lipinski definition) is 2. The number of fused-ring (bicyclic) bond motifs is 2. The van der Waals surface area contributed by atoms with E-state index in [1.807, 2.05) is 41.3 Å². The van der Waals surface area contributed by atoms with E-state index in [9.17, 15) is 4.79 Å². The summed E-state index contributed by atoms with van der Waals surface area (Å²) in [5.74, 6) is 0. The van der Waals surface area contributed by atoms with Gasteiger partial charge >= 0.3 is 6.03 Å². The molecule has 6 rings (SSSR count). The van der Waals surface area contributed by atoms with Crippen molar-refractivity contribution in [2.24, 2.45) is 0 Å². The van der Waals surface area contributed by atoms with Gasteiger partial charge in [0.25, 0.3) is 0 Å². The summed E-state index contributed by atoms with van der Waals surface area (Å²) < 4.78 is 0. The van der Waals surface area contributed by atoms with Gasteiger partial charge in [0.2, 0.25) is 0 Å². The largest absolute Gasteiger partial charge is 0.368 e. The van der Waals surface area contributed by atoms with Crippen molar-refractivity contribution in [1.82, 2.24) is 10.3 Å². The number of aromatic nitrogens is 1. The SMILES string of the molecule is O=C(Nc1cccc2c(-c3ccncc3)cccc12)N1CCc2cc(Cl)c(N3CCNCC3)cc21. The van der Waals surface area contributed by atoms with Crippen LogP contribution in [0.1, 0.15) is 5.56 Å². The van der Waals surface area contributed by atoms with Crippen LogP contribution in [-0.4, -0.2) is 43.7 Å². The van der Waals surface area contributed by atoms with Crippen LogP contribution in [-0.2, 0) is 6.42 Å². The molecule has 3 heterocycles. The number of benzene rings is 3. The lowest BCUT2D eigenvalue weighted by atomic mass is 9.98. The average Bonchev–Trinajstić information content (AvgIpc) is 3.32. The van der Waals surface area contributed by atoms with E-state index in [1.54, 1.807) is 12.4 Å². The number of carbonyl (C=O) groups is 1. The molecule has 0 radical (unpaired) electrons. The summed E-state index contributed by atoms with van der Waals surface area (Å²) in [6.07, 6.45) is 4.39. The van der Waals surface area contributed by atoms with Gasteiger partial charge in [0, 0.05) is 50.5 Å². The molecular weight excluding hydrogens is 458 g/mol. The van der Waals surface area contributed by atoms with Gasteiger partial charge in [-0.15, -0.1) is 0 Å². The molecule has 2 aliphatic heterocycles. The maximum absolute atomic E-state index is 13.5. The van der Waals surface area contributed by atoms with E-state index >= 15 is 0 Å². The summed E-state index contributed by atoms with van der Waals surface area (Å²) in [5.41, 5.74) is 6.06. The third kappa shape index (κ3) is 4.09. The molecule has 4 aromatic rings. The summed E-state index contributed by atoms with van der Waals surface area (Å²) in [5, 5.41) is 9.41. The first-order valence-electron chi connectivity index (χ1n) is 12.0. The van der Waals surface area contributed by atoms with E-state index in [4.69, 9.17) is 11.6 Å². The molecule has 0 aliphatic carbocycles. The number of nitrogens with one attached hydrogen (secondary N) is 2. The highest BCUT2D eigenvalue weighted by Crippen LogP contribution is 2.38. The Balaban J connectivity index is 1.31. The Morgan fingerprint density at radius 3 is 2.51 bits per heavy atom. The van der Waals surface area contributed by atoms with Crippen molar-refractivity contribution in [2.45, 2.75) is 6.42 Å². The number of halogens is 1. The van der Waals surface area contributed by atoms with E-state index in [2.05, 4.69) is 44.8 Å². The van der Waals surface area contributed by atoms with Crippen LogP contribution in [0.15, 0.2) is 73.1 Å². The van der Waals surface area contributed by atoms with Crippen molar-refractivity contribution in [1.29, 1.82) is 0 Å². The first-order valence-corrected chi connectivity index (χ1v) is 12.4. The monoisotopic (exact) mass is 483 g/mol. The smallest absolute Gasteiger partial charge is 0.326 e. The first kappa shape index (κ1) is 21.9. The molecule has 6 nitrogen and oxygen atoms in total. The lowest BCUT2D eigenvalue weighted by molar-refractivity contribution is 0.257. The number of amides is 2. The van der Waals surface area contributed by atoms with Crippen molar-refractivity contribution in [2.75, 3.05) is 47.8 Å². The molecule has 1 fully saturated rings. The van der Waals surface area contributed by atoms with Gasteiger partial charge in [-0.3, -0.25) is 9.88 Å². The van der Waals surface area contributed by atoms with Gasteiger partial charge in [-0.2, -0.15) is 0 Å². The third-order valence-electron chi connectivity index (χ3n) is 6.90. The Kier molecular flexibility index (Phi) is 5.76. The summed E-state index contributed by atoms with van der Waals surface area (Å²) in [6.45, 7) is 4.30. The minimum absolute atomic E-state index is 0.126. The molecule has 1 aromatic heterocycles. The van der Waals surface area contributed by atoms with E-state index < -0.39 is 0 Å². The standard InChI is InChI=1S/C28H26ClN5O/c29-24-17-20-9-14-34(26(20)18-27(24)33-15-12-31-13-16-33)28(35)32-25-6-2-4-22-21(3-1-5-23(22)25)19-7-10-30-11-8-19/h1-8,10-11,17-18,31H,9,12-16H2,(H,32,35). The number of anilines is 3. The number of pyridine rings is 1. The Labute approximate surface area is 209 Å². The van der Waals surface area contributed by atoms with Crippen LogP contribution in [0.3, 0.4) is 0 Å². The average molecular weight is 484 g/mol. The number of rotatable bonds is 3. The van der Waals surface area contributed by atoms with E-state index in [-0.39, 0.29) is 6.03 Å². The summed E-state index contributed by atoms with van der Waals surface area (Å²) in [4.78, 5) is 21.8. The van der Waals surface area contributed by atoms with Gasteiger partial charge in [0.15, 0.2) is 0 Å². The molecule has 7 heteroatoms. The van der Waals surface area contributed by atoms with Crippen molar-refractivity contribution in [3.63, 3.8) is 0 Å². The van der Waals surface area contributed by atoms with Crippen LogP contribution in [0.4, 0.5) is 21.9 Å². The second kappa shape index (κ2) is 9.21. The molecule has 0 spiro atoms. The number of urea groups is 1. The first-order chi connectivity index (χ1) is 17.2. The van der Waals surface area contributed by atoms with Crippen molar-refractivity contribution in [3.05, 3.63) is 83.6 Å². The number of nitrogens with zero attached hydrogens (tertiary/aromatic N) is 3. The molecule has 3 aromatic carbocycles. The second-order valence-corrected chi connectivity index (χ2v) is 9.35. The van der Waals surface area contributed by atoms with Crippen LogP contribution in [0, 0.1) is 0 Å². The van der Waals surface area contributed by atoms with Crippen molar-refractivity contribution < 1.29 is 4.79 Å². The summed E-state index contributed by atoms with van der Waals surface area (Å²) in [6, 6.07) is 20.2. The molecule has 2 aliphatic rings. The molecule has 2 N–H and O–H groups in total.